The van der Waals surface area contributed by atoms with E-state index in [2.05, 4.69) is 6.92 Å². The van der Waals surface area contributed by atoms with E-state index in [0.717, 1.165) is 28.5 Å². The van der Waals surface area contributed by atoms with Crippen LogP contribution in [0, 0.1) is 0 Å². The summed E-state index contributed by atoms with van der Waals surface area (Å²) in [6, 6.07) is 13.2. The lowest BCUT2D eigenvalue weighted by molar-refractivity contribution is -0.122. The molecule has 0 saturated carbocycles. The lowest BCUT2D eigenvalue weighted by Gasteiger charge is -2.16. The largest absolute Gasteiger partial charge is 0.337 e. The van der Waals surface area contributed by atoms with Gasteiger partial charge in [0.2, 0.25) is 0 Å². The van der Waals surface area contributed by atoms with Crippen molar-refractivity contribution in [2.24, 2.45) is 4.99 Å². The number of carbonyl (C=O) groups is 1. The highest BCUT2D eigenvalue weighted by molar-refractivity contribution is 8.19. The number of fused-ring (bicyclic) bond motifs is 1. The fourth-order valence-corrected chi connectivity index (χ4v) is 5.78. The van der Waals surface area contributed by atoms with Crippen molar-refractivity contribution in [2.45, 2.75) is 24.7 Å². The molecule has 2 aliphatic rings. The molecule has 0 spiro atoms. The third-order valence-corrected chi connectivity index (χ3v) is 7.64. The van der Waals surface area contributed by atoms with Gasteiger partial charge in [0, 0.05) is 23.5 Å². The van der Waals surface area contributed by atoms with Crippen LogP contribution in [0.25, 0.3) is 0 Å². The minimum Gasteiger partial charge on any atom is -0.337 e. The van der Waals surface area contributed by atoms with Crippen LogP contribution in [0.4, 0.5) is 11.4 Å². The highest BCUT2D eigenvalue weighted by atomic mass is 35.5. The van der Waals surface area contributed by atoms with Crippen molar-refractivity contribution in [1.29, 1.82) is 0 Å². The van der Waals surface area contributed by atoms with Crippen LogP contribution >= 0.6 is 46.7 Å². The van der Waals surface area contributed by atoms with Gasteiger partial charge in [0.05, 0.1) is 21.4 Å². The van der Waals surface area contributed by atoms with Gasteiger partial charge in [-0.15, -0.1) is 0 Å². The molecular weight excluding hydrogens is 445 g/mol. The van der Waals surface area contributed by atoms with Crippen molar-refractivity contribution < 1.29 is 4.79 Å². The topological polar surface area (TPSA) is 35.9 Å². The zero-order valence-corrected chi connectivity index (χ0v) is 19.1. The minimum absolute atomic E-state index is 0.0116. The Morgan fingerprint density at radius 1 is 1.10 bits per heavy atom. The van der Waals surface area contributed by atoms with Gasteiger partial charge in [-0.3, -0.25) is 9.69 Å². The number of amidine groups is 1. The number of rotatable bonds is 4. The molecule has 1 amide bonds. The number of benzene rings is 2. The van der Waals surface area contributed by atoms with Gasteiger partial charge in [-0.25, -0.2) is 4.99 Å². The Morgan fingerprint density at radius 3 is 2.66 bits per heavy atom. The summed E-state index contributed by atoms with van der Waals surface area (Å²) in [5.74, 6) is -0.0116. The highest BCUT2D eigenvalue weighted by Gasteiger charge is 2.39. The third kappa shape index (κ3) is 4.04. The zero-order valence-electron chi connectivity index (χ0n) is 16.0. The van der Waals surface area contributed by atoms with Crippen LogP contribution in [-0.4, -0.2) is 29.6 Å². The monoisotopic (exact) mass is 463 g/mol. The second kappa shape index (κ2) is 8.64. The summed E-state index contributed by atoms with van der Waals surface area (Å²) >= 11 is 15.5. The Kier molecular flexibility index (Phi) is 6.16. The average molecular weight is 464 g/mol. The Bertz CT molecular complexity index is 1040. The van der Waals surface area contributed by atoms with Crippen LogP contribution in [0.5, 0.6) is 0 Å². The van der Waals surface area contributed by atoms with Gasteiger partial charge in [-0.2, -0.15) is 0 Å². The molecule has 2 aliphatic heterocycles. The van der Waals surface area contributed by atoms with Crippen LogP contribution in [0.15, 0.2) is 62.3 Å². The molecule has 0 bridgehead atoms. The van der Waals surface area contributed by atoms with E-state index in [1.165, 1.54) is 11.8 Å². The summed E-state index contributed by atoms with van der Waals surface area (Å²) in [7, 11) is 1.96. The van der Waals surface area contributed by atoms with E-state index in [9.17, 15) is 4.79 Å². The molecule has 0 aliphatic carbocycles. The molecule has 2 heterocycles. The molecule has 1 fully saturated rings. The first kappa shape index (κ1) is 20.7. The molecule has 0 unspecified atom stereocenters. The molecule has 2 aromatic rings. The number of aliphatic imine (C=N–C) groups is 1. The molecule has 150 valence electrons. The predicted octanol–water partition coefficient (Wildman–Crippen LogP) is 6.77. The number of unbranched alkanes of at least 4 members (excludes halogenated alkanes) is 1. The maximum absolute atomic E-state index is 13.3. The maximum Gasteiger partial charge on any atom is 0.269 e. The van der Waals surface area contributed by atoms with Crippen LogP contribution in [0.3, 0.4) is 0 Å². The molecule has 0 radical (unpaired) electrons. The van der Waals surface area contributed by atoms with Crippen LogP contribution in [0.1, 0.15) is 19.8 Å². The number of anilines is 1. The Morgan fingerprint density at radius 2 is 1.90 bits per heavy atom. The van der Waals surface area contributed by atoms with E-state index < -0.39 is 0 Å². The smallest absolute Gasteiger partial charge is 0.269 e. The van der Waals surface area contributed by atoms with E-state index in [1.54, 1.807) is 22.7 Å². The van der Waals surface area contributed by atoms with Crippen molar-refractivity contribution in [2.75, 3.05) is 18.5 Å². The number of nitrogens with zero attached hydrogens (tertiary/aromatic N) is 3. The van der Waals surface area contributed by atoms with Crippen molar-refractivity contribution in [3.8, 4) is 0 Å². The number of thioether (sulfide) groups is 2. The number of para-hydroxylation sites is 1. The molecule has 8 heteroatoms. The second-order valence-corrected chi connectivity index (χ2v) is 9.52. The predicted molar refractivity (Wildman–Crippen MR) is 125 cm³/mol. The molecule has 4 nitrogen and oxygen atoms in total. The number of halogens is 2. The second-order valence-electron chi connectivity index (χ2n) is 6.67. The Hall–Kier alpha value is -1.60. The minimum atomic E-state index is -0.0116. The molecule has 0 N–H and O–H groups in total. The molecule has 29 heavy (non-hydrogen) atoms. The quantitative estimate of drug-likeness (QED) is 0.468. The Labute approximate surface area is 189 Å². The normalized spacial score (nSPS) is 20.1. The highest BCUT2D eigenvalue weighted by Crippen LogP contribution is 2.50. The molecule has 0 atom stereocenters. The average Bonchev–Trinajstić information content (AvgIpc) is 3.19. The van der Waals surface area contributed by atoms with Gasteiger partial charge < -0.3 is 4.90 Å². The number of amides is 1. The van der Waals surface area contributed by atoms with E-state index in [0.29, 0.717) is 32.4 Å². The van der Waals surface area contributed by atoms with E-state index in [4.69, 9.17) is 28.2 Å². The van der Waals surface area contributed by atoms with Crippen molar-refractivity contribution in [1.82, 2.24) is 4.90 Å². The molecule has 4 rings (SSSR count). The Balaban J connectivity index is 1.74. The number of carbonyl (C=O) groups excluding carboxylic acids is 1. The summed E-state index contributed by atoms with van der Waals surface area (Å²) in [4.78, 5) is 23.6. The lowest BCUT2D eigenvalue weighted by atomic mass is 10.3. The summed E-state index contributed by atoms with van der Waals surface area (Å²) in [6.45, 7) is 2.74. The van der Waals surface area contributed by atoms with Gasteiger partial charge >= 0.3 is 0 Å². The first-order valence-corrected chi connectivity index (χ1v) is 11.7. The van der Waals surface area contributed by atoms with E-state index >= 15 is 0 Å². The SMILES string of the molecule is CCCCN1C(=O)C(=C2Sc3ccc(Cl)cc3N2C)SC1=Nc1ccccc1Cl. The summed E-state index contributed by atoms with van der Waals surface area (Å²) in [6.07, 6.45) is 1.91. The van der Waals surface area contributed by atoms with Gasteiger partial charge in [0.15, 0.2) is 5.17 Å². The number of hydrogen-bond acceptors (Lipinski definition) is 5. The van der Waals surface area contributed by atoms with Gasteiger partial charge in [-0.1, -0.05) is 60.4 Å². The molecule has 1 saturated heterocycles. The summed E-state index contributed by atoms with van der Waals surface area (Å²) in [5.41, 5.74) is 1.68. The van der Waals surface area contributed by atoms with Crippen molar-refractivity contribution in [3.05, 3.63) is 62.4 Å². The van der Waals surface area contributed by atoms with Crippen LogP contribution in [0.2, 0.25) is 10.0 Å². The fourth-order valence-electron chi connectivity index (χ4n) is 3.10. The molecular formula is C21H19Cl2N3OS2. The maximum atomic E-state index is 13.3. The van der Waals surface area contributed by atoms with E-state index in [1.807, 2.05) is 48.3 Å². The van der Waals surface area contributed by atoms with E-state index in [-0.39, 0.29) is 5.91 Å². The standard InChI is InChI=1S/C21H19Cl2N3OS2/c1-3-4-11-26-19(27)18(29-21(26)24-15-8-6-5-7-14(15)23)20-25(2)16-12-13(22)9-10-17(16)28-20/h5-10,12H,3-4,11H2,1-2H3. The van der Waals surface area contributed by atoms with Crippen LogP contribution < -0.4 is 4.90 Å². The first-order chi connectivity index (χ1) is 14.0. The zero-order chi connectivity index (χ0) is 20.5. The van der Waals surface area contributed by atoms with Gasteiger partial charge in [0.25, 0.3) is 5.91 Å². The first-order valence-electron chi connectivity index (χ1n) is 9.28. The van der Waals surface area contributed by atoms with Crippen molar-refractivity contribution >= 4 is 69.2 Å². The number of hydrogen-bond donors (Lipinski definition) is 0. The van der Waals surface area contributed by atoms with Gasteiger partial charge in [-0.05, 0) is 48.5 Å². The fraction of sp³-hybridized carbons (Fsp3) is 0.238. The third-order valence-electron chi connectivity index (χ3n) is 4.66. The summed E-state index contributed by atoms with van der Waals surface area (Å²) in [5, 5.41) is 2.82. The van der Waals surface area contributed by atoms with Crippen LogP contribution in [-0.2, 0) is 4.79 Å². The molecule has 2 aromatic carbocycles. The summed E-state index contributed by atoms with van der Waals surface area (Å²) < 4.78 is 0. The van der Waals surface area contributed by atoms with Crippen molar-refractivity contribution in [3.63, 3.8) is 0 Å². The lowest BCUT2D eigenvalue weighted by Crippen LogP contribution is -2.30. The molecule has 0 aromatic heterocycles. The van der Waals surface area contributed by atoms with Gasteiger partial charge in [0.1, 0.15) is 4.91 Å².